The van der Waals surface area contributed by atoms with Crippen LogP contribution in [0.5, 0.6) is 0 Å². The zero-order valence-corrected chi connectivity index (χ0v) is 17.1. The Bertz CT molecular complexity index is 1020. The summed E-state index contributed by atoms with van der Waals surface area (Å²) in [5.41, 5.74) is 4.22. The fourth-order valence-electron chi connectivity index (χ4n) is 4.01. The lowest BCUT2D eigenvalue weighted by atomic mass is 9.91. The van der Waals surface area contributed by atoms with Gasteiger partial charge in [0.2, 0.25) is 0 Å². The van der Waals surface area contributed by atoms with Crippen LogP contribution in [0.1, 0.15) is 39.3 Å². The number of halogens is 1. The Labute approximate surface area is 175 Å². The van der Waals surface area contributed by atoms with Crippen LogP contribution in [0.3, 0.4) is 0 Å². The Morgan fingerprint density at radius 1 is 1.27 bits per heavy atom. The van der Waals surface area contributed by atoms with Gasteiger partial charge in [0.15, 0.2) is 5.69 Å². The lowest BCUT2D eigenvalue weighted by molar-refractivity contribution is 0.0943. The van der Waals surface area contributed by atoms with Gasteiger partial charge in [0.1, 0.15) is 5.82 Å². The largest absolute Gasteiger partial charge is 0.346 e. The summed E-state index contributed by atoms with van der Waals surface area (Å²) in [5.74, 6) is -0.579. The molecule has 1 aliphatic rings. The summed E-state index contributed by atoms with van der Waals surface area (Å²) in [6, 6.07) is 10.8. The predicted molar refractivity (Wildman–Crippen MR) is 113 cm³/mol. The molecule has 1 amide bonds. The van der Waals surface area contributed by atoms with Crippen LogP contribution in [-0.4, -0.2) is 33.3 Å². The van der Waals surface area contributed by atoms with Crippen LogP contribution < -0.4 is 10.6 Å². The zero-order chi connectivity index (χ0) is 20.9. The van der Waals surface area contributed by atoms with E-state index >= 15 is 0 Å². The van der Waals surface area contributed by atoms with Gasteiger partial charge in [-0.2, -0.15) is 5.10 Å². The van der Waals surface area contributed by atoms with Crippen molar-refractivity contribution in [3.05, 3.63) is 82.7 Å². The molecule has 6 nitrogen and oxygen atoms in total. The van der Waals surface area contributed by atoms with Crippen molar-refractivity contribution in [2.45, 2.75) is 38.3 Å². The number of nitrogens with zero attached hydrogens (tertiary/aromatic N) is 3. The van der Waals surface area contributed by atoms with Gasteiger partial charge in [0.25, 0.3) is 5.91 Å². The smallest absolute Gasteiger partial charge is 0.272 e. The molecule has 3 aromatic rings. The molecule has 0 saturated heterocycles. The van der Waals surface area contributed by atoms with Crippen LogP contribution in [0, 0.1) is 5.82 Å². The van der Waals surface area contributed by atoms with E-state index in [1.165, 1.54) is 11.6 Å². The summed E-state index contributed by atoms with van der Waals surface area (Å²) in [4.78, 5) is 16.9. The van der Waals surface area contributed by atoms with Gasteiger partial charge in [-0.25, -0.2) is 4.39 Å². The van der Waals surface area contributed by atoms with Gasteiger partial charge in [-0.15, -0.1) is 0 Å². The summed E-state index contributed by atoms with van der Waals surface area (Å²) < 4.78 is 15.6. The second-order valence-electron chi connectivity index (χ2n) is 7.68. The van der Waals surface area contributed by atoms with Crippen molar-refractivity contribution in [1.82, 2.24) is 25.4 Å². The maximum absolute atomic E-state index is 13.8. The lowest BCUT2D eigenvalue weighted by Crippen LogP contribution is -2.36. The van der Waals surface area contributed by atoms with E-state index in [1.54, 1.807) is 29.1 Å². The second kappa shape index (κ2) is 9.17. The first kappa shape index (κ1) is 20.2. The molecule has 1 aliphatic carbocycles. The average molecular weight is 407 g/mol. The van der Waals surface area contributed by atoms with Crippen molar-refractivity contribution in [3.63, 3.8) is 0 Å². The third kappa shape index (κ3) is 4.57. The molecule has 0 saturated carbocycles. The molecule has 1 aromatic carbocycles. The van der Waals surface area contributed by atoms with Gasteiger partial charge in [-0.1, -0.05) is 24.3 Å². The van der Waals surface area contributed by atoms with Crippen LogP contribution in [0.15, 0.2) is 48.8 Å². The molecule has 2 N–H and O–H groups in total. The molecule has 30 heavy (non-hydrogen) atoms. The van der Waals surface area contributed by atoms with Gasteiger partial charge < -0.3 is 10.6 Å². The molecule has 7 heteroatoms. The molecule has 156 valence electrons. The zero-order valence-electron chi connectivity index (χ0n) is 17.1. The van der Waals surface area contributed by atoms with E-state index in [0.29, 0.717) is 17.3 Å². The summed E-state index contributed by atoms with van der Waals surface area (Å²) in [6.07, 6.45) is 7.24. The van der Waals surface area contributed by atoms with Crippen LogP contribution in [0.2, 0.25) is 0 Å². The quantitative estimate of drug-likeness (QED) is 0.632. The molecule has 0 aliphatic heterocycles. The highest BCUT2D eigenvalue weighted by molar-refractivity contribution is 5.94. The minimum absolute atomic E-state index is 0.143. The molecule has 4 rings (SSSR count). The molecule has 0 bridgehead atoms. The molecule has 0 spiro atoms. The second-order valence-corrected chi connectivity index (χ2v) is 7.68. The molecular weight excluding hydrogens is 381 g/mol. The fourth-order valence-corrected chi connectivity index (χ4v) is 4.01. The first-order valence-electron chi connectivity index (χ1n) is 10.3. The van der Waals surface area contributed by atoms with Crippen molar-refractivity contribution in [1.29, 1.82) is 0 Å². The number of benzene rings is 1. The molecule has 1 atom stereocenters. The SMILES string of the molecule is Cn1nc(C(=O)NCc2ccccc2F)c2c1CCC(NCCc1cccnc1)C2. The van der Waals surface area contributed by atoms with E-state index in [-0.39, 0.29) is 18.3 Å². The van der Waals surface area contributed by atoms with E-state index in [0.717, 1.165) is 43.5 Å². The maximum Gasteiger partial charge on any atom is 0.272 e. The number of hydrogen-bond donors (Lipinski definition) is 2. The van der Waals surface area contributed by atoms with E-state index in [2.05, 4.69) is 26.8 Å². The molecule has 0 radical (unpaired) electrons. The fraction of sp³-hybridized carbons (Fsp3) is 0.348. The number of rotatable bonds is 7. The molecule has 2 aromatic heterocycles. The highest BCUT2D eigenvalue weighted by Crippen LogP contribution is 2.24. The normalized spacial score (nSPS) is 15.6. The molecule has 2 heterocycles. The minimum atomic E-state index is -0.321. The third-order valence-electron chi connectivity index (χ3n) is 5.64. The number of pyridine rings is 1. The highest BCUT2D eigenvalue weighted by Gasteiger charge is 2.28. The first-order valence-corrected chi connectivity index (χ1v) is 10.3. The highest BCUT2D eigenvalue weighted by atomic mass is 19.1. The van der Waals surface area contributed by atoms with Crippen LogP contribution in [0.25, 0.3) is 0 Å². The van der Waals surface area contributed by atoms with Crippen molar-refractivity contribution in [2.24, 2.45) is 7.05 Å². The summed E-state index contributed by atoms with van der Waals surface area (Å²) in [5, 5.41) is 10.9. The van der Waals surface area contributed by atoms with Gasteiger partial charge in [0, 0.05) is 48.8 Å². The number of aromatic nitrogens is 3. The van der Waals surface area contributed by atoms with Gasteiger partial charge in [-0.3, -0.25) is 14.5 Å². The van der Waals surface area contributed by atoms with Crippen LogP contribution in [0.4, 0.5) is 4.39 Å². The van der Waals surface area contributed by atoms with Crippen LogP contribution >= 0.6 is 0 Å². The number of carbonyl (C=O) groups excluding carboxylic acids is 1. The standard InChI is InChI=1S/C23H26FN5O/c1-29-21-9-8-18(26-12-10-16-5-4-11-25-14-16)13-19(21)22(28-29)23(30)27-15-17-6-2-3-7-20(17)24/h2-7,11,14,18,26H,8-10,12-13,15H2,1H3,(H,27,30). The Morgan fingerprint density at radius 2 is 2.13 bits per heavy atom. The first-order chi connectivity index (χ1) is 14.6. The average Bonchev–Trinajstić information content (AvgIpc) is 3.10. The van der Waals surface area contributed by atoms with Crippen molar-refractivity contribution in [2.75, 3.05) is 6.54 Å². The number of aryl methyl sites for hydroxylation is 1. The Balaban J connectivity index is 1.38. The maximum atomic E-state index is 13.8. The monoisotopic (exact) mass is 407 g/mol. The molecule has 1 unspecified atom stereocenters. The summed E-state index contributed by atoms with van der Waals surface area (Å²) in [6.45, 7) is 1.00. The third-order valence-corrected chi connectivity index (χ3v) is 5.64. The Morgan fingerprint density at radius 3 is 2.93 bits per heavy atom. The van der Waals surface area contributed by atoms with E-state index in [1.807, 2.05) is 19.3 Å². The minimum Gasteiger partial charge on any atom is -0.346 e. The van der Waals surface area contributed by atoms with Crippen molar-refractivity contribution < 1.29 is 9.18 Å². The summed E-state index contributed by atoms with van der Waals surface area (Å²) >= 11 is 0. The van der Waals surface area contributed by atoms with Gasteiger partial charge in [0.05, 0.1) is 0 Å². The summed E-state index contributed by atoms with van der Waals surface area (Å²) in [7, 11) is 1.88. The van der Waals surface area contributed by atoms with E-state index < -0.39 is 0 Å². The number of hydrogen-bond acceptors (Lipinski definition) is 4. The predicted octanol–water partition coefficient (Wildman–Crippen LogP) is 2.57. The van der Waals surface area contributed by atoms with E-state index in [9.17, 15) is 9.18 Å². The van der Waals surface area contributed by atoms with Crippen molar-refractivity contribution in [3.8, 4) is 0 Å². The lowest BCUT2D eigenvalue weighted by Gasteiger charge is -2.24. The van der Waals surface area contributed by atoms with Crippen LogP contribution in [-0.2, 0) is 32.9 Å². The molecular formula is C23H26FN5O. The van der Waals surface area contributed by atoms with Gasteiger partial charge >= 0.3 is 0 Å². The number of amides is 1. The number of fused-ring (bicyclic) bond motifs is 1. The molecule has 0 fully saturated rings. The van der Waals surface area contributed by atoms with E-state index in [4.69, 9.17) is 0 Å². The number of nitrogens with one attached hydrogen (secondary N) is 2. The van der Waals surface area contributed by atoms with Crippen molar-refractivity contribution >= 4 is 5.91 Å². The number of carbonyl (C=O) groups is 1. The topological polar surface area (TPSA) is 71.8 Å². The Hall–Kier alpha value is -3.06. The van der Waals surface area contributed by atoms with Gasteiger partial charge in [-0.05, 0) is 49.9 Å². The Kier molecular flexibility index (Phi) is 6.18.